The maximum absolute atomic E-state index is 11.7. The molecule has 0 saturated carbocycles. The van der Waals surface area contributed by atoms with E-state index in [1.165, 1.54) is 6.92 Å². The van der Waals surface area contributed by atoms with Crippen LogP contribution in [0.3, 0.4) is 0 Å². The second-order valence-electron chi connectivity index (χ2n) is 3.79. The normalized spacial score (nSPS) is 12.1. The lowest BCUT2D eigenvalue weighted by molar-refractivity contribution is 0.0435. The zero-order valence-corrected chi connectivity index (χ0v) is 10.1. The highest BCUT2D eigenvalue weighted by Crippen LogP contribution is 2.14. The number of fused-ring (bicyclic) bond motifs is 1. The van der Waals surface area contributed by atoms with Crippen molar-refractivity contribution >= 4 is 17.0 Å². The molecule has 0 aliphatic rings. The van der Waals surface area contributed by atoms with Crippen molar-refractivity contribution in [2.75, 3.05) is 0 Å². The Balaban J connectivity index is 2.31. The number of carbonyl (C=O) groups is 1. The zero-order chi connectivity index (χ0) is 13.1. The quantitative estimate of drug-likeness (QED) is 0.764. The Morgan fingerprint density at radius 2 is 2.39 bits per heavy atom. The summed E-state index contributed by atoms with van der Waals surface area (Å²) in [6.07, 6.45) is -0.764. The first-order valence-corrected chi connectivity index (χ1v) is 5.59. The molecule has 0 unspecified atom stereocenters. The van der Waals surface area contributed by atoms with Gasteiger partial charge in [-0.1, -0.05) is 5.21 Å². The van der Waals surface area contributed by atoms with Crippen molar-refractivity contribution in [1.82, 2.24) is 15.0 Å². The Bertz CT molecular complexity index is 627. The van der Waals surface area contributed by atoms with Crippen LogP contribution in [0.4, 0.5) is 0 Å². The molecule has 6 nitrogen and oxygen atoms in total. The molecule has 1 heterocycles. The molecular formula is C12H12N4O2. The monoisotopic (exact) mass is 244 g/mol. The third kappa shape index (κ3) is 2.15. The van der Waals surface area contributed by atoms with Crippen molar-refractivity contribution in [3.8, 4) is 6.07 Å². The van der Waals surface area contributed by atoms with Gasteiger partial charge >= 0.3 is 5.97 Å². The maximum atomic E-state index is 11.7. The van der Waals surface area contributed by atoms with E-state index in [2.05, 4.69) is 10.3 Å². The average molecular weight is 244 g/mol. The first-order chi connectivity index (χ1) is 8.65. The number of aromatic nitrogens is 3. The lowest BCUT2D eigenvalue weighted by Crippen LogP contribution is -2.12. The van der Waals surface area contributed by atoms with Gasteiger partial charge in [-0.25, -0.2) is 9.48 Å². The Hall–Kier alpha value is -2.42. The van der Waals surface area contributed by atoms with Crippen LogP contribution in [0.15, 0.2) is 18.2 Å². The van der Waals surface area contributed by atoms with Gasteiger partial charge in [-0.3, -0.25) is 0 Å². The van der Waals surface area contributed by atoms with Crippen molar-refractivity contribution in [3.63, 3.8) is 0 Å². The van der Waals surface area contributed by atoms with Crippen LogP contribution in [0.1, 0.15) is 24.2 Å². The number of carbonyl (C=O) groups excluding carboxylic acids is 1. The number of rotatable bonds is 3. The molecule has 0 aliphatic carbocycles. The highest BCUT2D eigenvalue weighted by Gasteiger charge is 2.13. The fraction of sp³-hybridized carbons (Fsp3) is 0.333. The largest absolute Gasteiger partial charge is 0.444 e. The van der Waals surface area contributed by atoms with Crippen LogP contribution in [0.5, 0.6) is 0 Å². The third-order valence-corrected chi connectivity index (χ3v) is 2.51. The van der Waals surface area contributed by atoms with Crippen molar-refractivity contribution < 1.29 is 9.53 Å². The molecule has 1 atom stereocenters. The smallest absolute Gasteiger partial charge is 0.339 e. The SMILES string of the molecule is CCn1nnc2cc(C(=O)O[C@@H](C)C#N)ccc21. The van der Waals surface area contributed by atoms with Crippen molar-refractivity contribution in [2.24, 2.45) is 0 Å². The van der Waals surface area contributed by atoms with E-state index in [9.17, 15) is 4.79 Å². The van der Waals surface area contributed by atoms with E-state index in [-0.39, 0.29) is 0 Å². The van der Waals surface area contributed by atoms with E-state index in [4.69, 9.17) is 10.00 Å². The molecule has 0 bridgehead atoms. The van der Waals surface area contributed by atoms with Gasteiger partial charge < -0.3 is 4.74 Å². The molecular weight excluding hydrogens is 232 g/mol. The third-order valence-electron chi connectivity index (χ3n) is 2.51. The van der Waals surface area contributed by atoms with Crippen molar-refractivity contribution in [1.29, 1.82) is 5.26 Å². The summed E-state index contributed by atoms with van der Waals surface area (Å²) < 4.78 is 6.65. The molecule has 18 heavy (non-hydrogen) atoms. The molecule has 0 saturated heterocycles. The number of hydrogen-bond donors (Lipinski definition) is 0. The van der Waals surface area contributed by atoms with Crippen LogP contribution in [0.25, 0.3) is 11.0 Å². The van der Waals surface area contributed by atoms with Crippen LogP contribution in [0.2, 0.25) is 0 Å². The van der Waals surface area contributed by atoms with Gasteiger partial charge in [0, 0.05) is 6.54 Å². The van der Waals surface area contributed by atoms with Gasteiger partial charge in [0.25, 0.3) is 0 Å². The number of hydrogen-bond acceptors (Lipinski definition) is 5. The van der Waals surface area contributed by atoms with E-state index in [1.807, 2.05) is 13.0 Å². The molecule has 92 valence electrons. The van der Waals surface area contributed by atoms with Gasteiger partial charge in [0.15, 0.2) is 6.10 Å². The van der Waals surface area contributed by atoms with Gasteiger partial charge in [-0.05, 0) is 32.0 Å². The average Bonchev–Trinajstić information content (AvgIpc) is 2.80. The molecule has 2 aromatic rings. The summed E-state index contributed by atoms with van der Waals surface area (Å²) in [6.45, 7) is 4.19. The lowest BCUT2D eigenvalue weighted by atomic mass is 10.2. The zero-order valence-electron chi connectivity index (χ0n) is 10.1. The Morgan fingerprint density at radius 3 is 3.06 bits per heavy atom. The predicted octanol–water partition coefficient (Wildman–Crippen LogP) is 1.52. The van der Waals surface area contributed by atoms with Gasteiger partial charge in [0.1, 0.15) is 11.6 Å². The van der Waals surface area contributed by atoms with Gasteiger partial charge in [0.2, 0.25) is 0 Å². The summed E-state index contributed by atoms with van der Waals surface area (Å²) in [5.74, 6) is -0.531. The first kappa shape index (κ1) is 12.0. The molecule has 0 fully saturated rings. The molecule has 0 spiro atoms. The number of aryl methyl sites for hydroxylation is 1. The summed E-state index contributed by atoms with van der Waals surface area (Å²) in [5, 5.41) is 16.5. The fourth-order valence-corrected chi connectivity index (χ4v) is 1.59. The molecule has 0 radical (unpaired) electrons. The summed E-state index contributed by atoms with van der Waals surface area (Å²) in [6, 6.07) is 6.87. The standard InChI is InChI=1S/C12H12N4O2/c1-3-16-11-5-4-9(6-10(11)14-15-16)12(17)18-8(2)7-13/h4-6,8H,3H2,1-2H3/t8-/m0/s1. The number of ether oxygens (including phenoxy) is 1. The van der Waals surface area contributed by atoms with Crippen molar-refractivity contribution in [2.45, 2.75) is 26.5 Å². The van der Waals surface area contributed by atoms with Crippen LogP contribution >= 0.6 is 0 Å². The minimum absolute atomic E-state index is 0.368. The Morgan fingerprint density at radius 1 is 1.61 bits per heavy atom. The molecule has 6 heteroatoms. The van der Waals surface area contributed by atoms with E-state index in [0.717, 1.165) is 5.52 Å². The maximum Gasteiger partial charge on any atom is 0.339 e. The molecule has 1 aromatic heterocycles. The fourth-order valence-electron chi connectivity index (χ4n) is 1.59. The van der Waals surface area contributed by atoms with Gasteiger partial charge in [-0.15, -0.1) is 5.10 Å². The molecule has 0 amide bonds. The van der Waals surface area contributed by atoms with Crippen LogP contribution in [-0.4, -0.2) is 27.1 Å². The van der Waals surface area contributed by atoms with E-state index >= 15 is 0 Å². The number of nitriles is 1. The van der Waals surface area contributed by atoms with Gasteiger partial charge in [-0.2, -0.15) is 5.26 Å². The van der Waals surface area contributed by atoms with Crippen molar-refractivity contribution in [3.05, 3.63) is 23.8 Å². The van der Waals surface area contributed by atoms with Crippen LogP contribution in [0, 0.1) is 11.3 Å². The number of nitrogens with zero attached hydrogens (tertiary/aromatic N) is 4. The topological polar surface area (TPSA) is 80.8 Å². The molecule has 2 rings (SSSR count). The van der Waals surface area contributed by atoms with E-state index < -0.39 is 12.1 Å². The minimum Gasteiger partial charge on any atom is -0.444 e. The Kier molecular flexibility index (Phi) is 3.24. The lowest BCUT2D eigenvalue weighted by Gasteiger charge is -2.05. The summed E-state index contributed by atoms with van der Waals surface area (Å²) >= 11 is 0. The minimum atomic E-state index is -0.764. The second kappa shape index (κ2) is 4.84. The molecule has 0 N–H and O–H groups in total. The highest BCUT2D eigenvalue weighted by molar-refractivity contribution is 5.93. The van der Waals surface area contributed by atoms with E-state index in [0.29, 0.717) is 17.6 Å². The summed E-state index contributed by atoms with van der Waals surface area (Å²) in [7, 11) is 0. The molecule has 1 aromatic carbocycles. The second-order valence-corrected chi connectivity index (χ2v) is 3.79. The Labute approximate surface area is 104 Å². The van der Waals surface area contributed by atoms with Crippen LogP contribution in [-0.2, 0) is 11.3 Å². The highest BCUT2D eigenvalue weighted by atomic mass is 16.5. The van der Waals surface area contributed by atoms with Gasteiger partial charge in [0.05, 0.1) is 11.1 Å². The number of benzene rings is 1. The first-order valence-electron chi connectivity index (χ1n) is 5.59. The van der Waals surface area contributed by atoms with E-state index in [1.54, 1.807) is 22.9 Å². The summed E-state index contributed by atoms with van der Waals surface area (Å²) in [5.41, 5.74) is 1.87. The summed E-state index contributed by atoms with van der Waals surface area (Å²) in [4.78, 5) is 11.7. The predicted molar refractivity (Wildman–Crippen MR) is 63.7 cm³/mol. The van der Waals surface area contributed by atoms with Crippen LogP contribution < -0.4 is 0 Å². The molecule has 0 aliphatic heterocycles. The number of esters is 1.